The van der Waals surface area contributed by atoms with E-state index >= 15 is 0 Å². The minimum absolute atomic E-state index is 0.0220. The SMILES string of the molecule is O=C(CNC(=O)c1ccc(Cl)cc1Cl)Nc1ccc(C(=O)O)cc1O. The normalized spacial score (nSPS) is 10.2. The minimum atomic E-state index is -1.21. The van der Waals surface area contributed by atoms with Crippen LogP contribution in [0.25, 0.3) is 0 Å². The van der Waals surface area contributed by atoms with Gasteiger partial charge in [0, 0.05) is 5.02 Å². The summed E-state index contributed by atoms with van der Waals surface area (Å²) in [5, 5.41) is 23.8. The van der Waals surface area contributed by atoms with Crippen LogP contribution in [-0.2, 0) is 4.79 Å². The van der Waals surface area contributed by atoms with Gasteiger partial charge in [-0.3, -0.25) is 9.59 Å². The number of carbonyl (C=O) groups is 3. The highest BCUT2D eigenvalue weighted by Gasteiger charge is 2.14. The predicted molar refractivity (Wildman–Crippen MR) is 92.5 cm³/mol. The first kappa shape index (κ1) is 18.6. The third kappa shape index (κ3) is 4.85. The van der Waals surface area contributed by atoms with Crippen LogP contribution >= 0.6 is 23.2 Å². The number of carbonyl (C=O) groups excluding carboxylic acids is 2. The third-order valence-electron chi connectivity index (χ3n) is 3.10. The molecule has 0 saturated heterocycles. The van der Waals surface area contributed by atoms with E-state index in [1.54, 1.807) is 0 Å². The van der Waals surface area contributed by atoms with Crippen LogP contribution in [0, 0.1) is 0 Å². The van der Waals surface area contributed by atoms with E-state index < -0.39 is 23.5 Å². The Bertz CT molecular complexity index is 854. The molecule has 4 N–H and O–H groups in total. The summed E-state index contributed by atoms with van der Waals surface area (Å²) in [6.45, 7) is -0.377. The number of amides is 2. The number of carboxylic acids is 1. The van der Waals surface area contributed by atoms with Crippen molar-refractivity contribution in [2.75, 3.05) is 11.9 Å². The van der Waals surface area contributed by atoms with Crippen molar-refractivity contribution in [2.45, 2.75) is 0 Å². The zero-order valence-corrected chi connectivity index (χ0v) is 14.1. The standard InChI is InChI=1S/C16H12Cl2N2O5/c17-9-2-3-10(11(18)6-9)15(23)19-7-14(22)20-12-4-1-8(16(24)25)5-13(12)21/h1-6,21H,7H2,(H,19,23)(H,20,22)(H,24,25). The van der Waals surface area contributed by atoms with Crippen molar-refractivity contribution in [1.29, 1.82) is 0 Å². The van der Waals surface area contributed by atoms with Crippen LogP contribution in [0.3, 0.4) is 0 Å². The molecule has 130 valence electrons. The highest BCUT2D eigenvalue weighted by Crippen LogP contribution is 2.24. The largest absolute Gasteiger partial charge is 0.506 e. The van der Waals surface area contributed by atoms with Gasteiger partial charge in [0.1, 0.15) is 5.75 Å². The third-order valence-corrected chi connectivity index (χ3v) is 3.65. The van der Waals surface area contributed by atoms with Gasteiger partial charge in [0.05, 0.1) is 28.4 Å². The summed E-state index contributed by atoms with van der Waals surface area (Å²) < 4.78 is 0. The highest BCUT2D eigenvalue weighted by atomic mass is 35.5. The van der Waals surface area contributed by atoms with Crippen LogP contribution in [0.1, 0.15) is 20.7 Å². The number of anilines is 1. The van der Waals surface area contributed by atoms with Crippen molar-refractivity contribution in [3.05, 3.63) is 57.6 Å². The number of nitrogens with one attached hydrogen (secondary N) is 2. The van der Waals surface area contributed by atoms with Crippen LogP contribution in [0.2, 0.25) is 10.0 Å². The molecule has 2 rings (SSSR count). The Morgan fingerprint density at radius 2 is 1.76 bits per heavy atom. The molecular weight excluding hydrogens is 371 g/mol. The van der Waals surface area contributed by atoms with Gasteiger partial charge in [0.15, 0.2) is 0 Å². The average Bonchev–Trinajstić information content (AvgIpc) is 2.54. The Morgan fingerprint density at radius 1 is 1.04 bits per heavy atom. The molecule has 9 heteroatoms. The molecule has 0 spiro atoms. The predicted octanol–water partition coefficient (Wildman–Crippen LogP) is 2.77. The van der Waals surface area contributed by atoms with E-state index in [1.807, 2.05) is 0 Å². The van der Waals surface area contributed by atoms with Crippen LogP contribution < -0.4 is 10.6 Å². The molecule has 2 aromatic rings. The number of halogens is 2. The van der Waals surface area contributed by atoms with Crippen molar-refractivity contribution < 1.29 is 24.6 Å². The average molecular weight is 383 g/mol. The van der Waals surface area contributed by atoms with E-state index in [1.165, 1.54) is 30.3 Å². The van der Waals surface area contributed by atoms with Gasteiger partial charge in [-0.05, 0) is 36.4 Å². The Hall–Kier alpha value is -2.77. The number of benzene rings is 2. The number of rotatable bonds is 5. The smallest absolute Gasteiger partial charge is 0.335 e. The lowest BCUT2D eigenvalue weighted by Gasteiger charge is -2.09. The maximum absolute atomic E-state index is 12.0. The summed E-state index contributed by atoms with van der Waals surface area (Å²) in [5.74, 6) is -2.79. The Kier molecular flexibility index (Phi) is 5.84. The molecule has 0 heterocycles. The molecular formula is C16H12Cl2N2O5. The fraction of sp³-hybridized carbons (Fsp3) is 0.0625. The molecule has 25 heavy (non-hydrogen) atoms. The van der Waals surface area contributed by atoms with Crippen molar-refractivity contribution in [1.82, 2.24) is 5.32 Å². The van der Waals surface area contributed by atoms with Gasteiger partial charge in [0.2, 0.25) is 5.91 Å². The second-order valence-corrected chi connectivity index (χ2v) is 5.74. The Balaban J connectivity index is 1.96. The van der Waals surface area contributed by atoms with E-state index in [2.05, 4.69) is 10.6 Å². The number of aromatic hydroxyl groups is 1. The summed E-state index contributed by atoms with van der Waals surface area (Å²) in [5.41, 5.74) is 0.0579. The second-order valence-electron chi connectivity index (χ2n) is 4.89. The fourth-order valence-electron chi connectivity index (χ4n) is 1.89. The monoisotopic (exact) mass is 382 g/mol. The van der Waals surface area contributed by atoms with E-state index in [-0.39, 0.29) is 28.4 Å². The lowest BCUT2D eigenvalue weighted by atomic mass is 10.2. The number of phenols is 1. The molecule has 0 atom stereocenters. The summed E-state index contributed by atoms with van der Waals surface area (Å²) in [4.78, 5) is 34.6. The summed E-state index contributed by atoms with van der Waals surface area (Å²) in [7, 11) is 0. The molecule has 0 radical (unpaired) electrons. The molecule has 7 nitrogen and oxygen atoms in total. The number of hydrogen-bond acceptors (Lipinski definition) is 4. The van der Waals surface area contributed by atoms with Crippen molar-refractivity contribution in [2.24, 2.45) is 0 Å². The van der Waals surface area contributed by atoms with Crippen LogP contribution in [0.5, 0.6) is 5.75 Å². The molecule has 0 bridgehead atoms. The molecule has 0 unspecified atom stereocenters. The van der Waals surface area contributed by atoms with Crippen LogP contribution in [0.4, 0.5) is 5.69 Å². The van der Waals surface area contributed by atoms with Crippen LogP contribution in [0.15, 0.2) is 36.4 Å². The van der Waals surface area contributed by atoms with E-state index in [9.17, 15) is 19.5 Å². The summed E-state index contributed by atoms with van der Waals surface area (Å²) in [6.07, 6.45) is 0. The van der Waals surface area contributed by atoms with Gasteiger partial charge < -0.3 is 20.8 Å². The maximum Gasteiger partial charge on any atom is 0.335 e. The molecule has 0 aliphatic heterocycles. The first-order chi connectivity index (χ1) is 11.8. The van der Waals surface area contributed by atoms with Gasteiger partial charge in [-0.1, -0.05) is 23.2 Å². The lowest BCUT2D eigenvalue weighted by Crippen LogP contribution is -2.33. The molecule has 0 aromatic heterocycles. The Labute approximate surface area is 152 Å². The zero-order valence-electron chi connectivity index (χ0n) is 12.5. The molecule has 0 aliphatic rings. The lowest BCUT2D eigenvalue weighted by molar-refractivity contribution is -0.115. The maximum atomic E-state index is 12.0. The van der Waals surface area contributed by atoms with Gasteiger partial charge in [-0.2, -0.15) is 0 Å². The molecule has 2 aromatic carbocycles. The van der Waals surface area contributed by atoms with E-state index in [0.717, 1.165) is 6.07 Å². The number of aromatic carboxylic acids is 1. The number of hydrogen-bond donors (Lipinski definition) is 4. The first-order valence-corrected chi connectivity index (χ1v) is 7.63. The number of phenolic OH excluding ortho intramolecular Hbond substituents is 1. The molecule has 0 fully saturated rings. The van der Waals surface area contributed by atoms with E-state index in [4.69, 9.17) is 28.3 Å². The van der Waals surface area contributed by atoms with Crippen LogP contribution in [-0.4, -0.2) is 34.5 Å². The van der Waals surface area contributed by atoms with Gasteiger partial charge in [0.25, 0.3) is 5.91 Å². The number of carboxylic acid groups (broad SMARTS) is 1. The van der Waals surface area contributed by atoms with Gasteiger partial charge >= 0.3 is 5.97 Å². The minimum Gasteiger partial charge on any atom is -0.506 e. The quantitative estimate of drug-likeness (QED) is 0.593. The molecule has 2 amide bonds. The highest BCUT2D eigenvalue weighted by molar-refractivity contribution is 6.36. The van der Waals surface area contributed by atoms with Crippen molar-refractivity contribution >= 4 is 46.7 Å². The molecule has 0 aliphatic carbocycles. The molecule has 0 saturated carbocycles. The first-order valence-electron chi connectivity index (χ1n) is 6.87. The zero-order chi connectivity index (χ0) is 18.6. The Morgan fingerprint density at radius 3 is 2.36 bits per heavy atom. The second kappa shape index (κ2) is 7.87. The summed E-state index contributed by atoms with van der Waals surface area (Å²) >= 11 is 11.6. The van der Waals surface area contributed by atoms with Gasteiger partial charge in [-0.25, -0.2) is 4.79 Å². The van der Waals surface area contributed by atoms with Crippen molar-refractivity contribution in [3.8, 4) is 5.75 Å². The topological polar surface area (TPSA) is 116 Å². The van der Waals surface area contributed by atoms with Crippen molar-refractivity contribution in [3.63, 3.8) is 0 Å². The van der Waals surface area contributed by atoms with Gasteiger partial charge in [-0.15, -0.1) is 0 Å². The van der Waals surface area contributed by atoms with E-state index in [0.29, 0.717) is 5.02 Å². The summed E-state index contributed by atoms with van der Waals surface area (Å²) in [6, 6.07) is 7.79. The fourth-order valence-corrected chi connectivity index (χ4v) is 2.39.